The molecule has 2 aliphatic heterocycles. The number of halogens is 1. The first-order valence-electron chi connectivity index (χ1n) is 31.1. The van der Waals surface area contributed by atoms with E-state index in [9.17, 15) is 0 Å². The summed E-state index contributed by atoms with van der Waals surface area (Å²) in [6, 6.07) is 18.4. The summed E-state index contributed by atoms with van der Waals surface area (Å²) in [5, 5.41) is 41.9. The molecule has 0 amide bonds. The van der Waals surface area contributed by atoms with Gasteiger partial charge in [-0.25, -0.2) is 24.3 Å². The summed E-state index contributed by atoms with van der Waals surface area (Å²) >= 11 is 8.81. The highest BCUT2D eigenvalue weighted by atomic mass is 79.9. The number of H-pyrrole nitrogens is 1. The standard InChI is InChI=1S/C25H32N6O2S.C19H23BrN4OS.C16H16N6OS.C6H10N2O/c1-15-17(16(2)33-30-15)14-26-18-13-22(29-25(3,4)5)28-19-12-21(34-24(18)19)20-9-10-27-31(20)23-8-6-7-11-32-23;1-19(2,3)23-16-10-12(20)18-13(22-16)11-15(26-18)14-7-8-21-24(14)17-6-4-5-9-25-17;1-8-10(9(2)23-22-8)7-18-12-6-15(17)20-13-5-14(24-16(12)13)11-3-4-19-21-11;1-4-6(3-7)5(2)9-8-4/h9-10,12-13,23H,6-8,11,14H2,1-5H3,(H2,26,28,29);7-8,10-11,17H,4-6,9H2,1-3H3,(H,22,23);3-6H,7H2,1-2H3,(H,19,21)(H3,17,18,20);3,7H2,1-2H3. The van der Waals surface area contributed by atoms with Gasteiger partial charge in [0.05, 0.1) is 90.8 Å². The molecule has 27 heteroatoms. The topological polar surface area (TPSA) is 300 Å². The van der Waals surface area contributed by atoms with Crippen LogP contribution in [0.2, 0.25) is 0 Å². The van der Waals surface area contributed by atoms with Crippen molar-refractivity contribution in [3.8, 4) is 31.7 Å². The van der Waals surface area contributed by atoms with Gasteiger partial charge in [-0.05, 0) is 180 Å². The van der Waals surface area contributed by atoms with E-state index in [-0.39, 0.29) is 23.5 Å². The summed E-state index contributed by atoms with van der Waals surface area (Å²) in [6.07, 6.45) is 12.1. The van der Waals surface area contributed by atoms with Crippen molar-refractivity contribution in [3.05, 3.63) is 129 Å². The molecule has 14 heterocycles. The first-order chi connectivity index (χ1) is 44.6. The van der Waals surface area contributed by atoms with Crippen LogP contribution in [0.15, 0.2) is 91.2 Å². The highest BCUT2D eigenvalue weighted by molar-refractivity contribution is 9.10. The molecule has 2 aliphatic rings. The molecule has 0 aliphatic carbocycles. The van der Waals surface area contributed by atoms with Crippen molar-refractivity contribution in [2.75, 3.05) is 40.2 Å². The van der Waals surface area contributed by atoms with Crippen molar-refractivity contribution in [2.24, 2.45) is 5.73 Å². The summed E-state index contributed by atoms with van der Waals surface area (Å²) in [6.45, 7) is 27.7. The van der Waals surface area contributed by atoms with E-state index < -0.39 is 0 Å². The molecule has 2 saturated heterocycles. The molecule has 93 heavy (non-hydrogen) atoms. The zero-order chi connectivity index (χ0) is 65.7. The highest BCUT2D eigenvalue weighted by Crippen LogP contribution is 2.43. The maximum atomic E-state index is 6.01. The average Bonchev–Trinajstić information content (AvgIpc) is 1.68. The quantitative estimate of drug-likeness (QED) is 0.0532. The number of nitrogens with zero attached hydrogens (tertiary/aromatic N) is 11. The second kappa shape index (κ2) is 28.7. The van der Waals surface area contributed by atoms with E-state index in [0.29, 0.717) is 25.5 Å². The van der Waals surface area contributed by atoms with Gasteiger partial charge in [-0.3, -0.25) is 5.10 Å². The number of nitrogens with one attached hydrogen (secondary N) is 5. The third kappa shape index (κ3) is 16.0. The number of nitrogen functional groups attached to an aromatic ring is 1. The second-order valence-electron chi connectivity index (χ2n) is 25.1. The molecule has 0 aromatic carbocycles. The molecular weight excluding hydrogens is 1300 g/mol. The number of rotatable bonds is 14. The van der Waals surface area contributed by atoms with Gasteiger partial charge in [-0.1, -0.05) is 15.5 Å². The molecule has 9 N–H and O–H groups in total. The fraction of sp³-hybridized carbons (Fsp3) is 0.409. The minimum Gasteiger partial charge on any atom is -0.384 e. The summed E-state index contributed by atoms with van der Waals surface area (Å²) in [4.78, 5) is 17.5. The molecule has 0 saturated carbocycles. The molecule has 12 aromatic heterocycles. The lowest BCUT2D eigenvalue weighted by Gasteiger charge is -2.24. The summed E-state index contributed by atoms with van der Waals surface area (Å²) in [5.74, 6) is 4.70. The van der Waals surface area contributed by atoms with E-state index in [4.69, 9.17) is 44.5 Å². The van der Waals surface area contributed by atoms with Gasteiger partial charge < -0.3 is 55.8 Å². The monoisotopic (exact) mass is 1380 g/mol. The molecule has 2 fully saturated rings. The van der Waals surface area contributed by atoms with Crippen LogP contribution in [-0.2, 0) is 29.1 Å². The number of hydrogen-bond donors (Lipinski definition) is 7. The minimum absolute atomic E-state index is 0.00724. The third-order valence-corrected chi connectivity index (χ3v) is 20.0. The molecule has 0 bridgehead atoms. The van der Waals surface area contributed by atoms with E-state index in [1.807, 2.05) is 81.5 Å². The van der Waals surface area contributed by atoms with Crippen LogP contribution >= 0.6 is 49.9 Å². The van der Waals surface area contributed by atoms with Crippen LogP contribution in [0.3, 0.4) is 0 Å². The summed E-state index contributed by atoms with van der Waals surface area (Å²) < 4.78 is 35.8. The molecule has 14 rings (SSSR count). The number of fused-ring (bicyclic) bond motifs is 3. The first kappa shape index (κ1) is 66.4. The number of thiophene rings is 3. The van der Waals surface area contributed by atoms with E-state index in [1.165, 1.54) is 6.42 Å². The maximum Gasteiger partial charge on any atom is 0.150 e. The van der Waals surface area contributed by atoms with E-state index in [0.717, 1.165) is 186 Å². The Balaban J connectivity index is 0.000000135. The van der Waals surface area contributed by atoms with Gasteiger partial charge >= 0.3 is 0 Å². The van der Waals surface area contributed by atoms with E-state index in [1.54, 1.807) is 40.2 Å². The highest BCUT2D eigenvalue weighted by Gasteiger charge is 2.25. The number of aryl methyl sites for hydroxylation is 6. The van der Waals surface area contributed by atoms with Gasteiger partial charge in [-0.15, -0.1) is 34.0 Å². The van der Waals surface area contributed by atoms with Gasteiger partial charge in [-0.2, -0.15) is 15.3 Å². The number of pyridine rings is 3. The molecule has 2 unspecified atom stereocenters. The van der Waals surface area contributed by atoms with Crippen LogP contribution in [0, 0.1) is 41.5 Å². The number of anilines is 5. The van der Waals surface area contributed by atoms with Crippen molar-refractivity contribution in [2.45, 2.75) is 165 Å². The Morgan fingerprint density at radius 1 is 0.570 bits per heavy atom. The minimum atomic E-state index is -0.102. The normalized spacial score (nSPS) is 15.2. The largest absolute Gasteiger partial charge is 0.384 e. The van der Waals surface area contributed by atoms with Gasteiger partial charge in [0.2, 0.25) is 0 Å². The Morgan fingerprint density at radius 2 is 1.03 bits per heavy atom. The fourth-order valence-corrected chi connectivity index (χ4v) is 14.8. The number of nitrogens with two attached hydrogens (primary N) is 2. The number of aromatic nitrogens is 12. The van der Waals surface area contributed by atoms with E-state index in [2.05, 4.69) is 156 Å². The van der Waals surface area contributed by atoms with Crippen molar-refractivity contribution in [3.63, 3.8) is 0 Å². The molecule has 2 atom stereocenters. The van der Waals surface area contributed by atoms with Crippen molar-refractivity contribution >= 4 is 109 Å². The third-order valence-electron chi connectivity index (χ3n) is 15.5. The predicted molar refractivity (Wildman–Crippen MR) is 376 cm³/mol. The predicted octanol–water partition coefficient (Wildman–Crippen LogP) is 16.4. The van der Waals surface area contributed by atoms with Gasteiger partial charge in [0.25, 0.3) is 0 Å². The first-order valence-corrected chi connectivity index (χ1v) is 34.4. The average molecular weight is 1380 g/mol. The SMILES string of the molecule is CC(C)(C)Nc1cc(Br)c2sc(-c3ccnn3C3CCCCO3)cc2n1.Cc1noc(C)c1CN.Cc1noc(C)c1CNc1cc(N)nc2cc(-c3ccn[nH]3)sc12.Cc1noc(C)c1CNc1cc(NC(C)(C)C)nc2cc(-c3ccnn3C3CCCCO3)sc12. The van der Waals surface area contributed by atoms with E-state index >= 15 is 0 Å². The molecule has 0 spiro atoms. The Hall–Kier alpha value is -8.05. The number of hydrogen-bond acceptors (Lipinski definition) is 23. The van der Waals surface area contributed by atoms with Gasteiger partial charge in [0, 0.05) is 95.8 Å². The Labute approximate surface area is 560 Å². The van der Waals surface area contributed by atoms with Crippen LogP contribution < -0.4 is 32.7 Å². The number of ether oxygens (including phenoxy) is 2. The smallest absolute Gasteiger partial charge is 0.150 e. The van der Waals surface area contributed by atoms with Gasteiger partial charge in [0.15, 0.2) is 12.5 Å². The second-order valence-corrected chi connectivity index (χ2v) is 29.1. The van der Waals surface area contributed by atoms with Crippen LogP contribution in [-0.4, -0.2) is 84.5 Å². The van der Waals surface area contributed by atoms with Crippen molar-refractivity contribution in [1.29, 1.82) is 0 Å². The van der Waals surface area contributed by atoms with Gasteiger partial charge in [0.1, 0.15) is 34.7 Å². The Kier molecular flexibility index (Phi) is 20.5. The maximum absolute atomic E-state index is 6.01. The van der Waals surface area contributed by atoms with Crippen LogP contribution in [0.4, 0.5) is 28.8 Å². The number of aromatic amines is 1. The van der Waals surface area contributed by atoms with Crippen LogP contribution in [0.1, 0.15) is 144 Å². The lowest BCUT2D eigenvalue weighted by atomic mass is 10.1. The Bertz CT molecular complexity index is 4410. The Morgan fingerprint density at radius 3 is 1.48 bits per heavy atom. The van der Waals surface area contributed by atoms with Crippen molar-refractivity contribution in [1.82, 2.24) is 60.2 Å². The lowest BCUT2D eigenvalue weighted by molar-refractivity contribution is -0.0384. The van der Waals surface area contributed by atoms with Crippen molar-refractivity contribution < 1.29 is 23.0 Å². The van der Waals surface area contributed by atoms with Crippen LogP contribution in [0.5, 0.6) is 0 Å². The fourth-order valence-electron chi connectivity index (χ4n) is 11.0. The summed E-state index contributed by atoms with van der Waals surface area (Å²) in [5.41, 5.74) is 25.0. The molecule has 490 valence electrons. The molecule has 23 nitrogen and oxygen atoms in total. The molecule has 12 aromatic rings. The van der Waals surface area contributed by atoms with Crippen LogP contribution in [0.25, 0.3) is 62.4 Å². The molecular formula is C66H81BrN18O5S3. The zero-order valence-corrected chi connectivity index (χ0v) is 58.6. The summed E-state index contributed by atoms with van der Waals surface area (Å²) in [7, 11) is 0. The lowest BCUT2D eigenvalue weighted by Crippen LogP contribution is -2.26. The zero-order valence-electron chi connectivity index (χ0n) is 54.6. The molecule has 0 radical (unpaired) electrons.